The summed E-state index contributed by atoms with van der Waals surface area (Å²) in [7, 11) is 0. The molecule has 1 aliphatic carbocycles. The smallest absolute Gasteiger partial charge is 0.228 e. The second-order valence-electron chi connectivity index (χ2n) is 7.20. The van der Waals surface area contributed by atoms with Crippen molar-refractivity contribution in [1.82, 2.24) is 15.1 Å². The minimum absolute atomic E-state index is 0. The Labute approximate surface area is 132 Å². The Balaban J connectivity index is 0.00000161. The molecule has 21 heavy (non-hydrogen) atoms. The molecule has 0 bridgehead atoms. The van der Waals surface area contributed by atoms with Gasteiger partial charge in [0.15, 0.2) is 0 Å². The molecule has 5 nitrogen and oxygen atoms in total. The van der Waals surface area contributed by atoms with Gasteiger partial charge in [0.05, 0.1) is 17.4 Å². The summed E-state index contributed by atoms with van der Waals surface area (Å²) >= 11 is 0. The number of anilines is 1. The van der Waals surface area contributed by atoms with E-state index in [1.807, 2.05) is 10.9 Å². The van der Waals surface area contributed by atoms with Crippen molar-refractivity contribution >= 4 is 24.0 Å². The van der Waals surface area contributed by atoms with E-state index in [9.17, 15) is 4.79 Å². The van der Waals surface area contributed by atoms with Gasteiger partial charge in [-0.1, -0.05) is 0 Å². The predicted molar refractivity (Wildman–Crippen MR) is 85.7 cm³/mol. The summed E-state index contributed by atoms with van der Waals surface area (Å²) in [6.45, 7) is 8.38. The average Bonchev–Trinajstić information content (AvgIpc) is 2.85. The summed E-state index contributed by atoms with van der Waals surface area (Å²) < 4.78 is 1.88. The highest BCUT2D eigenvalue weighted by molar-refractivity contribution is 5.94. The molecular formula is C15H25ClN4O. The second-order valence-corrected chi connectivity index (χ2v) is 7.20. The standard InChI is InChI=1S/C15H24N4O.ClH/c1-14(2,3)19-10-11(9-17-19)18-13(20)12-8-15(12)4-6-16-7-5-15;/h9-10,12,16H,4-8H2,1-3H3,(H,18,20);1H. The molecule has 0 aromatic carbocycles. The molecule has 1 atom stereocenters. The van der Waals surface area contributed by atoms with Crippen LogP contribution >= 0.6 is 12.4 Å². The molecule has 1 saturated carbocycles. The fourth-order valence-corrected chi connectivity index (χ4v) is 3.18. The Morgan fingerprint density at radius 1 is 1.43 bits per heavy atom. The maximum Gasteiger partial charge on any atom is 0.228 e. The van der Waals surface area contributed by atoms with Crippen LogP contribution in [-0.4, -0.2) is 28.8 Å². The molecule has 1 unspecified atom stereocenters. The Morgan fingerprint density at radius 2 is 2.10 bits per heavy atom. The van der Waals surface area contributed by atoms with Crippen molar-refractivity contribution in [2.24, 2.45) is 11.3 Å². The number of carbonyl (C=O) groups is 1. The lowest BCUT2D eigenvalue weighted by atomic mass is 9.92. The molecule has 1 amide bonds. The lowest BCUT2D eigenvalue weighted by molar-refractivity contribution is -0.118. The van der Waals surface area contributed by atoms with Crippen LogP contribution in [0.5, 0.6) is 0 Å². The van der Waals surface area contributed by atoms with E-state index >= 15 is 0 Å². The number of hydrogen-bond donors (Lipinski definition) is 2. The Hall–Kier alpha value is -1.07. The van der Waals surface area contributed by atoms with Crippen molar-refractivity contribution in [2.45, 2.75) is 45.6 Å². The zero-order chi connectivity index (χ0) is 14.4. The maximum absolute atomic E-state index is 12.3. The van der Waals surface area contributed by atoms with Gasteiger partial charge in [-0.05, 0) is 58.5 Å². The summed E-state index contributed by atoms with van der Waals surface area (Å²) in [5.41, 5.74) is 1.04. The van der Waals surface area contributed by atoms with Crippen LogP contribution in [0, 0.1) is 11.3 Å². The molecule has 2 aliphatic rings. The van der Waals surface area contributed by atoms with E-state index in [0.29, 0.717) is 0 Å². The molecule has 2 N–H and O–H groups in total. The summed E-state index contributed by atoms with van der Waals surface area (Å²) in [5, 5.41) is 10.7. The summed E-state index contributed by atoms with van der Waals surface area (Å²) in [6, 6.07) is 0. The molecule has 2 fully saturated rings. The Bertz CT molecular complexity index is 514. The quantitative estimate of drug-likeness (QED) is 0.881. The van der Waals surface area contributed by atoms with Crippen molar-refractivity contribution in [3.63, 3.8) is 0 Å². The topological polar surface area (TPSA) is 59.0 Å². The number of nitrogens with zero attached hydrogens (tertiary/aromatic N) is 2. The Morgan fingerprint density at radius 3 is 2.67 bits per heavy atom. The van der Waals surface area contributed by atoms with E-state index in [0.717, 1.165) is 38.0 Å². The minimum Gasteiger partial charge on any atom is -0.323 e. The third-order valence-electron chi connectivity index (χ3n) is 4.64. The van der Waals surface area contributed by atoms with Crippen LogP contribution in [0.2, 0.25) is 0 Å². The fourth-order valence-electron chi connectivity index (χ4n) is 3.18. The number of nitrogens with one attached hydrogen (secondary N) is 2. The first-order valence-corrected chi connectivity index (χ1v) is 7.47. The van der Waals surface area contributed by atoms with Crippen molar-refractivity contribution in [1.29, 1.82) is 0 Å². The van der Waals surface area contributed by atoms with E-state index in [2.05, 4.69) is 36.5 Å². The number of rotatable bonds is 2. The molecule has 1 aliphatic heterocycles. The molecule has 6 heteroatoms. The molecule has 3 rings (SSSR count). The highest BCUT2D eigenvalue weighted by Gasteiger charge is 2.57. The van der Waals surface area contributed by atoms with Gasteiger partial charge in [0, 0.05) is 12.1 Å². The van der Waals surface area contributed by atoms with Gasteiger partial charge < -0.3 is 10.6 Å². The van der Waals surface area contributed by atoms with Gasteiger partial charge in [0.25, 0.3) is 0 Å². The summed E-state index contributed by atoms with van der Waals surface area (Å²) in [4.78, 5) is 12.3. The molecule has 0 radical (unpaired) electrons. The van der Waals surface area contributed by atoms with Gasteiger partial charge in [-0.2, -0.15) is 5.10 Å². The van der Waals surface area contributed by atoms with Crippen LogP contribution in [-0.2, 0) is 10.3 Å². The number of aromatic nitrogens is 2. The third-order valence-corrected chi connectivity index (χ3v) is 4.64. The average molecular weight is 313 g/mol. The largest absolute Gasteiger partial charge is 0.323 e. The van der Waals surface area contributed by atoms with Gasteiger partial charge in [-0.25, -0.2) is 0 Å². The van der Waals surface area contributed by atoms with Crippen LogP contribution in [0.15, 0.2) is 12.4 Å². The van der Waals surface area contributed by atoms with E-state index < -0.39 is 0 Å². The molecule has 1 aromatic rings. The SMILES string of the molecule is CC(C)(C)n1cc(NC(=O)C2CC23CCNCC3)cn1.Cl. The molecule has 1 saturated heterocycles. The van der Waals surface area contributed by atoms with Gasteiger partial charge in [0.2, 0.25) is 5.91 Å². The number of halogens is 1. The molecular weight excluding hydrogens is 288 g/mol. The fraction of sp³-hybridized carbons (Fsp3) is 0.733. The third kappa shape index (κ3) is 3.24. The van der Waals surface area contributed by atoms with E-state index in [1.54, 1.807) is 6.20 Å². The molecule has 118 valence electrons. The number of hydrogen-bond acceptors (Lipinski definition) is 3. The molecule has 1 spiro atoms. The zero-order valence-electron chi connectivity index (χ0n) is 13.0. The predicted octanol–water partition coefficient (Wildman–Crippen LogP) is 2.39. The summed E-state index contributed by atoms with van der Waals surface area (Å²) in [5.74, 6) is 0.364. The monoisotopic (exact) mass is 312 g/mol. The number of amides is 1. The highest BCUT2D eigenvalue weighted by atomic mass is 35.5. The van der Waals surface area contributed by atoms with E-state index in [4.69, 9.17) is 0 Å². The Kier molecular flexibility index (Phi) is 4.36. The lowest BCUT2D eigenvalue weighted by Crippen LogP contribution is -2.31. The van der Waals surface area contributed by atoms with E-state index in [-0.39, 0.29) is 35.2 Å². The normalized spacial score (nSPS) is 23.5. The number of piperidine rings is 1. The second kappa shape index (κ2) is 5.61. The first-order valence-electron chi connectivity index (χ1n) is 7.47. The van der Waals surface area contributed by atoms with Crippen molar-refractivity contribution in [2.75, 3.05) is 18.4 Å². The molecule has 2 heterocycles. The minimum atomic E-state index is -0.0567. The maximum atomic E-state index is 12.3. The van der Waals surface area contributed by atoms with Crippen molar-refractivity contribution in [3.05, 3.63) is 12.4 Å². The van der Waals surface area contributed by atoms with Crippen molar-refractivity contribution in [3.8, 4) is 0 Å². The first kappa shape index (κ1) is 16.3. The van der Waals surface area contributed by atoms with Crippen LogP contribution in [0.3, 0.4) is 0 Å². The van der Waals surface area contributed by atoms with Crippen LogP contribution in [0.25, 0.3) is 0 Å². The van der Waals surface area contributed by atoms with Gasteiger partial charge in [0.1, 0.15) is 0 Å². The van der Waals surface area contributed by atoms with E-state index in [1.165, 1.54) is 0 Å². The van der Waals surface area contributed by atoms with Crippen LogP contribution < -0.4 is 10.6 Å². The van der Waals surface area contributed by atoms with Gasteiger partial charge >= 0.3 is 0 Å². The lowest BCUT2D eigenvalue weighted by Gasteiger charge is -2.23. The number of carbonyl (C=O) groups excluding carboxylic acids is 1. The van der Waals surface area contributed by atoms with Crippen molar-refractivity contribution < 1.29 is 4.79 Å². The highest BCUT2D eigenvalue weighted by Crippen LogP contribution is 2.58. The summed E-state index contributed by atoms with van der Waals surface area (Å²) in [6.07, 6.45) is 6.96. The zero-order valence-corrected chi connectivity index (χ0v) is 13.8. The van der Waals surface area contributed by atoms with Gasteiger partial charge in [-0.3, -0.25) is 9.48 Å². The van der Waals surface area contributed by atoms with Gasteiger partial charge in [-0.15, -0.1) is 12.4 Å². The molecule has 1 aromatic heterocycles. The van der Waals surface area contributed by atoms with Crippen LogP contribution in [0.4, 0.5) is 5.69 Å². The van der Waals surface area contributed by atoms with Crippen LogP contribution in [0.1, 0.15) is 40.0 Å². The first-order chi connectivity index (χ1) is 9.41.